The van der Waals surface area contributed by atoms with Crippen molar-refractivity contribution in [3.05, 3.63) is 16.6 Å². The molecular formula is C12H17N3O2S. The van der Waals surface area contributed by atoms with Gasteiger partial charge in [0.25, 0.3) is 5.91 Å². The Morgan fingerprint density at radius 1 is 1.44 bits per heavy atom. The van der Waals surface area contributed by atoms with Crippen LogP contribution in [0.2, 0.25) is 0 Å². The van der Waals surface area contributed by atoms with Gasteiger partial charge in [-0.25, -0.2) is 4.98 Å². The zero-order chi connectivity index (χ0) is 13.0. The van der Waals surface area contributed by atoms with Crippen LogP contribution >= 0.6 is 11.3 Å². The first-order valence-electron chi connectivity index (χ1n) is 6.17. The van der Waals surface area contributed by atoms with Gasteiger partial charge < -0.3 is 10.6 Å². The van der Waals surface area contributed by atoms with Crippen molar-refractivity contribution in [2.24, 2.45) is 0 Å². The first-order chi connectivity index (χ1) is 8.68. The van der Waals surface area contributed by atoms with Crippen LogP contribution in [0, 0.1) is 0 Å². The molecule has 1 aromatic heterocycles. The largest absolute Gasteiger partial charge is 0.354 e. The van der Waals surface area contributed by atoms with E-state index in [1.54, 1.807) is 10.9 Å². The van der Waals surface area contributed by atoms with Gasteiger partial charge in [0, 0.05) is 11.9 Å². The molecule has 0 aromatic carbocycles. The second kappa shape index (κ2) is 5.48. The fraction of sp³-hybridized carbons (Fsp3) is 0.583. The number of aromatic nitrogens is 1. The lowest BCUT2D eigenvalue weighted by Gasteiger charge is -2.28. The van der Waals surface area contributed by atoms with Crippen LogP contribution in [0.5, 0.6) is 0 Å². The van der Waals surface area contributed by atoms with E-state index in [0.29, 0.717) is 25.1 Å². The maximum atomic E-state index is 12.1. The zero-order valence-electron chi connectivity index (χ0n) is 10.4. The fourth-order valence-electron chi connectivity index (χ4n) is 2.32. The van der Waals surface area contributed by atoms with Gasteiger partial charge in [0.05, 0.1) is 5.51 Å². The van der Waals surface area contributed by atoms with E-state index in [1.807, 2.05) is 6.92 Å². The van der Waals surface area contributed by atoms with E-state index in [0.717, 1.165) is 12.8 Å². The number of nitrogens with zero attached hydrogens (tertiary/aromatic N) is 1. The van der Waals surface area contributed by atoms with Crippen LogP contribution in [-0.2, 0) is 4.79 Å². The molecule has 18 heavy (non-hydrogen) atoms. The number of nitrogens with one attached hydrogen (secondary N) is 2. The molecular weight excluding hydrogens is 250 g/mol. The minimum Gasteiger partial charge on any atom is -0.354 e. The Labute approximate surface area is 110 Å². The van der Waals surface area contributed by atoms with Gasteiger partial charge in [-0.2, -0.15) is 0 Å². The monoisotopic (exact) mass is 267 g/mol. The highest BCUT2D eigenvalue weighted by atomic mass is 32.1. The summed E-state index contributed by atoms with van der Waals surface area (Å²) < 4.78 is 0. The maximum Gasteiger partial charge on any atom is 0.271 e. The van der Waals surface area contributed by atoms with Crippen LogP contribution in [-0.4, -0.2) is 28.9 Å². The molecule has 98 valence electrons. The van der Waals surface area contributed by atoms with Gasteiger partial charge >= 0.3 is 0 Å². The van der Waals surface area contributed by atoms with Gasteiger partial charge in [0.1, 0.15) is 11.2 Å². The number of thiazole rings is 1. The Hall–Kier alpha value is -1.43. The average Bonchev–Trinajstić information content (AvgIpc) is 3.00. The summed E-state index contributed by atoms with van der Waals surface area (Å²) in [6, 6.07) is 0. The van der Waals surface area contributed by atoms with Crippen LogP contribution < -0.4 is 10.6 Å². The highest BCUT2D eigenvalue weighted by molar-refractivity contribution is 7.07. The van der Waals surface area contributed by atoms with E-state index in [4.69, 9.17) is 0 Å². The molecule has 1 aliphatic rings. The number of hydrogen-bond donors (Lipinski definition) is 2. The summed E-state index contributed by atoms with van der Waals surface area (Å²) in [5.74, 6) is -0.338. The topological polar surface area (TPSA) is 71.1 Å². The Morgan fingerprint density at radius 3 is 2.72 bits per heavy atom. The predicted molar refractivity (Wildman–Crippen MR) is 69.5 cm³/mol. The molecule has 2 amide bonds. The van der Waals surface area contributed by atoms with E-state index >= 15 is 0 Å². The molecule has 1 fully saturated rings. The van der Waals surface area contributed by atoms with Gasteiger partial charge in [0.2, 0.25) is 5.91 Å². The molecule has 0 bridgehead atoms. The Balaban J connectivity index is 2.11. The lowest BCUT2D eigenvalue weighted by atomic mass is 9.96. The van der Waals surface area contributed by atoms with Crippen molar-refractivity contribution < 1.29 is 9.59 Å². The summed E-state index contributed by atoms with van der Waals surface area (Å²) in [5, 5.41) is 7.37. The molecule has 1 saturated carbocycles. The van der Waals surface area contributed by atoms with Crippen molar-refractivity contribution in [3.63, 3.8) is 0 Å². The quantitative estimate of drug-likeness (QED) is 0.864. The minimum atomic E-state index is -0.739. The fourth-order valence-corrected chi connectivity index (χ4v) is 2.86. The van der Waals surface area contributed by atoms with Crippen molar-refractivity contribution in [1.29, 1.82) is 0 Å². The summed E-state index contributed by atoms with van der Waals surface area (Å²) in [4.78, 5) is 28.1. The highest BCUT2D eigenvalue weighted by Crippen LogP contribution is 2.30. The lowest BCUT2D eigenvalue weighted by Crippen LogP contribution is -2.57. The van der Waals surface area contributed by atoms with Gasteiger partial charge in [-0.1, -0.05) is 12.8 Å². The number of carbonyl (C=O) groups is 2. The standard InChI is InChI=1S/C12H17N3O2S/c1-2-13-11(17)12(5-3-4-6-12)15-10(16)9-7-18-8-14-9/h7-8H,2-6H2,1H3,(H,13,17)(H,15,16). The van der Waals surface area contributed by atoms with Crippen LogP contribution in [0.3, 0.4) is 0 Å². The van der Waals surface area contributed by atoms with E-state index in [9.17, 15) is 9.59 Å². The second-order valence-corrected chi connectivity index (χ2v) is 5.20. The van der Waals surface area contributed by atoms with E-state index < -0.39 is 5.54 Å². The molecule has 2 rings (SSSR count). The maximum absolute atomic E-state index is 12.1. The van der Waals surface area contributed by atoms with Gasteiger partial charge in [0.15, 0.2) is 0 Å². The third-order valence-electron chi connectivity index (χ3n) is 3.25. The molecule has 0 radical (unpaired) electrons. The van der Waals surface area contributed by atoms with Crippen molar-refractivity contribution in [1.82, 2.24) is 15.6 Å². The summed E-state index contributed by atoms with van der Waals surface area (Å²) >= 11 is 1.37. The molecule has 1 aromatic rings. The van der Waals surface area contributed by atoms with Crippen molar-refractivity contribution in [2.45, 2.75) is 38.1 Å². The zero-order valence-corrected chi connectivity index (χ0v) is 11.2. The number of carbonyl (C=O) groups excluding carboxylic acids is 2. The first kappa shape index (κ1) is 13.0. The molecule has 0 unspecified atom stereocenters. The number of likely N-dealkylation sites (N-methyl/N-ethyl adjacent to an activating group) is 1. The molecule has 2 N–H and O–H groups in total. The third-order valence-corrected chi connectivity index (χ3v) is 3.83. The molecule has 0 aliphatic heterocycles. The number of amides is 2. The number of rotatable bonds is 4. The summed E-state index contributed by atoms with van der Waals surface area (Å²) in [7, 11) is 0. The molecule has 1 heterocycles. The average molecular weight is 267 g/mol. The summed E-state index contributed by atoms with van der Waals surface area (Å²) in [6.45, 7) is 2.45. The molecule has 0 spiro atoms. The van der Waals surface area contributed by atoms with Crippen molar-refractivity contribution >= 4 is 23.2 Å². The van der Waals surface area contributed by atoms with Crippen LogP contribution in [0.15, 0.2) is 10.9 Å². The van der Waals surface area contributed by atoms with Gasteiger partial charge in [-0.3, -0.25) is 9.59 Å². The molecule has 6 heteroatoms. The SMILES string of the molecule is CCNC(=O)C1(NC(=O)c2cscn2)CCCC1. The normalized spacial score (nSPS) is 17.4. The van der Waals surface area contributed by atoms with Crippen molar-refractivity contribution in [3.8, 4) is 0 Å². The Bertz CT molecular complexity index is 425. The highest BCUT2D eigenvalue weighted by Gasteiger charge is 2.42. The van der Waals surface area contributed by atoms with E-state index in [1.165, 1.54) is 11.3 Å². The predicted octanol–water partition coefficient (Wildman–Crippen LogP) is 1.32. The van der Waals surface area contributed by atoms with Crippen LogP contribution in [0.1, 0.15) is 43.1 Å². The van der Waals surface area contributed by atoms with Crippen LogP contribution in [0.4, 0.5) is 0 Å². The minimum absolute atomic E-state index is 0.0777. The molecule has 0 atom stereocenters. The lowest BCUT2D eigenvalue weighted by molar-refractivity contribution is -0.127. The van der Waals surface area contributed by atoms with Gasteiger partial charge in [-0.05, 0) is 19.8 Å². The van der Waals surface area contributed by atoms with Crippen molar-refractivity contribution in [2.75, 3.05) is 6.54 Å². The second-order valence-electron chi connectivity index (χ2n) is 4.48. The third kappa shape index (κ3) is 2.53. The molecule has 0 saturated heterocycles. The molecule has 1 aliphatic carbocycles. The Morgan fingerprint density at radius 2 is 2.17 bits per heavy atom. The molecule has 5 nitrogen and oxygen atoms in total. The smallest absolute Gasteiger partial charge is 0.271 e. The number of hydrogen-bond acceptors (Lipinski definition) is 4. The van der Waals surface area contributed by atoms with E-state index in [2.05, 4.69) is 15.6 Å². The van der Waals surface area contributed by atoms with E-state index in [-0.39, 0.29) is 11.8 Å². The van der Waals surface area contributed by atoms with Gasteiger partial charge in [-0.15, -0.1) is 11.3 Å². The van der Waals surface area contributed by atoms with Crippen LogP contribution in [0.25, 0.3) is 0 Å². The summed E-state index contributed by atoms with van der Waals surface area (Å²) in [5.41, 5.74) is 1.26. The first-order valence-corrected chi connectivity index (χ1v) is 7.11. The summed E-state index contributed by atoms with van der Waals surface area (Å²) in [6.07, 6.45) is 3.34. The Kier molecular flexibility index (Phi) is 3.96.